The third-order valence-corrected chi connectivity index (χ3v) is 3.55. The van der Waals surface area contributed by atoms with E-state index in [0.29, 0.717) is 13.0 Å². The minimum Gasteiger partial charge on any atom is -0.363 e. The number of carbonyl (C=O) groups excluding carboxylic acids is 1. The second-order valence-corrected chi connectivity index (χ2v) is 5.06. The molecule has 2 aromatic rings. The lowest BCUT2D eigenvalue weighted by Gasteiger charge is -2.13. The number of aromatic nitrogens is 2. The van der Waals surface area contributed by atoms with E-state index >= 15 is 0 Å². The molecule has 6 heteroatoms. The van der Waals surface area contributed by atoms with E-state index in [-0.39, 0.29) is 11.9 Å². The van der Waals surface area contributed by atoms with Crippen LogP contribution in [-0.4, -0.2) is 28.5 Å². The predicted octanol–water partition coefficient (Wildman–Crippen LogP) is 1.69. The van der Waals surface area contributed by atoms with Crippen molar-refractivity contribution in [3.63, 3.8) is 0 Å². The maximum atomic E-state index is 11.2. The first kappa shape index (κ1) is 11.4. The van der Waals surface area contributed by atoms with Crippen molar-refractivity contribution >= 4 is 38.6 Å². The Morgan fingerprint density at radius 2 is 2.33 bits per heavy atom. The lowest BCUT2D eigenvalue weighted by atomic mass is 10.2. The smallest absolute Gasteiger partial charge is 0.222 e. The van der Waals surface area contributed by atoms with E-state index in [2.05, 4.69) is 36.5 Å². The van der Waals surface area contributed by atoms with Gasteiger partial charge in [-0.3, -0.25) is 9.78 Å². The summed E-state index contributed by atoms with van der Waals surface area (Å²) in [6.07, 6.45) is 3.96. The number of amides is 1. The van der Waals surface area contributed by atoms with Gasteiger partial charge in [0.2, 0.25) is 5.91 Å². The van der Waals surface area contributed by atoms with E-state index in [1.165, 1.54) is 0 Å². The predicted molar refractivity (Wildman–Crippen MR) is 72.3 cm³/mol. The van der Waals surface area contributed by atoms with Gasteiger partial charge in [-0.2, -0.15) is 0 Å². The first-order chi connectivity index (χ1) is 8.74. The Bertz CT molecular complexity index is 616. The Morgan fingerprint density at radius 3 is 3.11 bits per heavy atom. The van der Waals surface area contributed by atoms with Gasteiger partial charge in [0.25, 0.3) is 0 Å². The van der Waals surface area contributed by atoms with Crippen LogP contribution in [0.15, 0.2) is 29.0 Å². The monoisotopic (exact) mass is 306 g/mol. The van der Waals surface area contributed by atoms with Crippen molar-refractivity contribution in [2.45, 2.75) is 12.5 Å². The number of anilines is 1. The molecule has 0 saturated carbocycles. The van der Waals surface area contributed by atoms with Crippen LogP contribution >= 0.6 is 15.9 Å². The van der Waals surface area contributed by atoms with Gasteiger partial charge in [0.15, 0.2) is 5.82 Å². The summed E-state index contributed by atoms with van der Waals surface area (Å²) < 4.78 is 0.914. The highest BCUT2D eigenvalue weighted by Gasteiger charge is 2.22. The van der Waals surface area contributed by atoms with Gasteiger partial charge >= 0.3 is 0 Å². The lowest BCUT2D eigenvalue weighted by molar-refractivity contribution is -0.119. The Balaban J connectivity index is 1.97. The number of fused-ring (bicyclic) bond motifs is 1. The van der Waals surface area contributed by atoms with Gasteiger partial charge in [0.1, 0.15) is 5.52 Å². The van der Waals surface area contributed by atoms with Crippen LogP contribution in [0, 0.1) is 0 Å². The molecule has 0 bridgehead atoms. The average molecular weight is 307 g/mol. The van der Waals surface area contributed by atoms with E-state index in [9.17, 15) is 4.79 Å². The molecular weight excluding hydrogens is 296 g/mol. The maximum absolute atomic E-state index is 11.2. The molecule has 3 rings (SSSR count). The molecular formula is C12H11BrN4O. The van der Waals surface area contributed by atoms with Crippen LogP contribution in [0.4, 0.5) is 5.82 Å². The topological polar surface area (TPSA) is 66.9 Å². The zero-order valence-electron chi connectivity index (χ0n) is 9.48. The minimum atomic E-state index is 0.0712. The molecule has 1 saturated heterocycles. The number of halogens is 1. The fourth-order valence-corrected chi connectivity index (χ4v) is 2.47. The molecule has 18 heavy (non-hydrogen) atoms. The fraction of sp³-hybridized carbons (Fsp3) is 0.250. The highest BCUT2D eigenvalue weighted by Crippen LogP contribution is 2.26. The van der Waals surface area contributed by atoms with Gasteiger partial charge in [-0.15, -0.1) is 0 Å². The number of hydrogen-bond acceptors (Lipinski definition) is 4. The highest BCUT2D eigenvalue weighted by atomic mass is 79.9. The highest BCUT2D eigenvalue weighted by molar-refractivity contribution is 9.10. The summed E-state index contributed by atoms with van der Waals surface area (Å²) in [4.78, 5) is 19.8. The first-order valence-electron chi connectivity index (χ1n) is 5.66. The molecule has 2 N–H and O–H groups in total. The first-order valence-corrected chi connectivity index (χ1v) is 6.46. The van der Waals surface area contributed by atoms with E-state index < -0.39 is 0 Å². The van der Waals surface area contributed by atoms with Crippen LogP contribution in [0.2, 0.25) is 0 Å². The van der Waals surface area contributed by atoms with Gasteiger partial charge in [-0.1, -0.05) is 0 Å². The van der Waals surface area contributed by atoms with Crippen molar-refractivity contribution in [1.82, 2.24) is 15.3 Å². The van der Waals surface area contributed by atoms with Crippen molar-refractivity contribution in [1.29, 1.82) is 0 Å². The largest absolute Gasteiger partial charge is 0.363 e. The van der Waals surface area contributed by atoms with Crippen LogP contribution < -0.4 is 10.6 Å². The van der Waals surface area contributed by atoms with Gasteiger partial charge in [0, 0.05) is 35.2 Å². The molecule has 92 valence electrons. The molecule has 1 unspecified atom stereocenters. The molecule has 2 aromatic heterocycles. The third kappa shape index (κ3) is 2.03. The standard InChI is InChI=1S/C12H11BrN4O/c13-9-6-16-12(11-8(9)2-1-3-14-11)17-7-4-10(18)15-5-7/h1-3,6-7H,4-5H2,(H,15,18)(H,16,17). The maximum Gasteiger partial charge on any atom is 0.222 e. The van der Waals surface area contributed by atoms with Crippen molar-refractivity contribution < 1.29 is 4.79 Å². The Hall–Kier alpha value is -1.69. The van der Waals surface area contributed by atoms with Crippen LogP contribution in [-0.2, 0) is 4.79 Å². The van der Waals surface area contributed by atoms with Crippen LogP contribution in [0.1, 0.15) is 6.42 Å². The summed E-state index contributed by atoms with van der Waals surface area (Å²) in [6.45, 7) is 0.630. The zero-order chi connectivity index (χ0) is 12.5. The van der Waals surface area contributed by atoms with E-state index in [1.807, 2.05) is 12.1 Å². The number of nitrogens with zero attached hydrogens (tertiary/aromatic N) is 2. The Labute approximate surface area is 112 Å². The molecule has 1 fully saturated rings. The second-order valence-electron chi connectivity index (χ2n) is 4.20. The summed E-state index contributed by atoms with van der Waals surface area (Å²) >= 11 is 3.46. The Morgan fingerprint density at radius 1 is 1.44 bits per heavy atom. The van der Waals surface area contributed by atoms with Crippen LogP contribution in [0.3, 0.4) is 0 Å². The quantitative estimate of drug-likeness (QED) is 0.886. The number of carbonyl (C=O) groups is 1. The van der Waals surface area contributed by atoms with Crippen molar-refractivity contribution in [3.05, 3.63) is 29.0 Å². The molecule has 1 amide bonds. The molecule has 0 aromatic carbocycles. The summed E-state index contributed by atoms with van der Waals surface area (Å²) in [5.41, 5.74) is 0.811. The van der Waals surface area contributed by atoms with Gasteiger partial charge in [0.05, 0.1) is 6.04 Å². The SMILES string of the molecule is O=C1CC(Nc2ncc(Br)c3cccnc23)CN1. The minimum absolute atomic E-state index is 0.0712. The second kappa shape index (κ2) is 4.53. The van der Waals surface area contributed by atoms with Crippen molar-refractivity contribution in [2.24, 2.45) is 0 Å². The van der Waals surface area contributed by atoms with Crippen LogP contribution in [0.5, 0.6) is 0 Å². The van der Waals surface area contributed by atoms with Crippen molar-refractivity contribution in [2.75, 3.05) is 11.9 Å². The molecule has 1 aliphatic rings. The summed E-state index contributed by atoms with van der Waals surface area (Å²) in [5, 5.41) is 7.06. The van der Waals surface area contributed by atoms with E-state index in [4.69, 9.17) is 0 Å². The Kier molecular flexibility index (Phi) is 2.87. The summed E-state index contributed by atoms with van der Waals surface area (Å²) in [6, 6.07) is 3.95. The number of pyridine rings is 2. The van der Waals surface area contributed by atoms with Crippen molar-refractivity contribution in [3.8, 4) is 0 Å². The summed E-state index contributed by atoms with van der Waals surface area (Å²) in [7, 11) is 0. The fourth-order valence-electron chi connectivity index (χ4n) is 2.04. The molecule has 0 aliphatic carbocycles. The number of hydrogen-bond donors (Lipinski definition) is 2. The normalized spacial score (nSPS) is 18.9. The number of rotatable bonds is 2. The number of nitrogens with one attached hydrogen (secondary N) is 2. The van der Waals surface area contributed by atoms with Gasteiger partial charge in [-0.25, -0.2) is 4.98 Å². The zero-order valence-corrected chi connectivity index (χ0v) is 11.1. The molecule has 1 aliphatic heterocycles. The van der Waals surface area contributed by atoms with E-state index in [0.717, 1.165) is 21.2 Å². The van der Waals surface area contributed by atoms with Crippen LogP contribution in [0.25, 0.3) is 10.9 Å². The molecule has 5 nitrogen and oxygen atoms in total. The molecule has 3 heterocycles. The summed E-state index contributed by atoms with van der Waals surface area (Å²) in [5.74, 6) is 0.789. The van der Waals surface area contributed by atoms with E-state index in [1.54, 1.807) is 12.4 Å². The molecule has 0 spiro atoms. The average Bonchev–Trinajstić information content (AvgIpc) is 2.79. The molecule has 0 radical (unpaired) electrons. The van der Waals surface area contributed by atoms with Gasteiger partial charge in [-0.05, 0) is 28.1 Å². The third-order valence-electron chi connectivity index (χ3n) is 2.91. The van der Waals surface area contributed by atoms with Gasteiger partial charge < -0.3 is 10.6 Å². The lowest BCUT2D eigenvalue weighted by Crippen LogP contribution is -2.23. The molecule has 1 atom stereocenters.